The van der Waals surface area contributed by atoms with Gasteiger partial charge in [0.1, 0.15) is 12.7 Å². The van der Waals surface area contributed by atoms with Crippen LogP contribution in [0, 0.1) is 0 Å². The molecule has 3 unspecified atom stereocenters. The molecule has 0 aliphatic carbocycles. The van der Waals surface area contributed by atoms with Gasteiger partial charge in [0, 0.05) is 12.8 Å². The number of esters is 1. The first-order valence-electron chi connectivity index (χ1n) is 24.6. The lowest BCUT2D eigenvalue weighted by atomic mass is 10.1. The van der Waals surface area contributed by atoms with Gasteiger partial charge in [-0.05, 0) is 89.9 Å². The Morgan fingerprint density at radius 3 is 1.36 bits per heavy atom. The maximum absolute atomic E-state index is 12.4. The molecule has 0 saturated carbocycles. The lowest BCUT2D eigenvalue weighted by Gasteiger charge is -2.18. The summed E-state index contributed by atoms with van der Waals surface area (Å²) in [5.74, 6) is -2.41. The number of rotatable bonds is 45. The van der Waals surface area contributed by atoms with Gasteiger partial charge in [0.05, 0.1) is 13.2 Å². The van der Waals surface area contributed by atoms with E-state index in [4.69, 9.17) is 13.8 Å². The average molecular weight is 918 g/mol. The number of aliphatic carboxylic acids is 1. The lowest BCUT2D eigenvalue weighted by molar-refractivity contribution is -0.147. The number of unbranched alkanes of at least 4 members (excludes halogenated alkanes) is 17. The van der Waals surface area contributed by atoms with E-state index >= 15 is 0 Å². The van der Waals surface area contributed by atoms with Crippen molar-refractivity contribution in [1.29, 1.82) is 0 Å². The first-order valence-corrected chi connectivity index (χ1v) is 26.1. The predicted octanol–water partition coefficient (Wildman–Crippen LogP) is 13.4. The highest BCUT2D eigenvalue weighted by Crippen LogP contribution is 2.43. The maximum atomic E-state index is 12.4. The summed E-state index contributed by atoms with van der Waals surface area (Å²) in [6, 6.07) is -1.56. The number of aliphatic hydroxyl groups is 1. The van der Waals surface area contributed by atoms with Crippen molar-refractivity contribution in [1.82, 2.24) is 5.32 Å². The van der Waals surface area contributed by atoms with E-state index in [1.54, 1.807) is 0 Å². The van der Waals surface area contributed by atoms with Gasteiger partial charge in [0.15, 0.2) is 6.04 Å². The molecule has 1 amide bonds. The van der Waals surface area contributed by atoms with E-state index in [0.29, 0.717) is 12.8 Å². The smallest absolute Gasteiger partial charge is 0.472 e. The zero-order valence-electron chi connectivity index (χ0n) is 39.8. The highest BCUT2D eigenvalue weighted by atomic mass is 31.2. The van der Waals surface area contributed by atoms with Gasteiger partial charge in [-0.25, -0.2) is 9.36 Å². The summed E-state index contributed by atoms with van der Waals surface area (Å²) in [6.45, 7) is 2.44. The van der Waals surface area contributed by atoms with Gasteiger partial charge < -0.3 is 25.2 Å². The molecule has 0 aliphatic heterocycles. The fourth-order valence-corrected chi connectivity index (χ4v) is 7.14. The normalized spacial score (nSPS) is 14.3. The van der Waals surface area contributed by atoms with Crippen molar-refractivity contribution in [2.24, 2.45) is 0 Å². The van der Waals surface area contributed by atoms with Crippen LogP contribution in [-0.4, -0.2) is 64.9 Å². The van der Waals surface area contributed by atoms with Crippen LogP contribution >= 0.6 is 7.82 Å². The Labute approximate surface area is 388 Å². The quantitative estimate of drug-likeness (QED) is 0.0200. The van der Waals surface area contributed by atoms with Crippen molar-refractivity contribution >= 4 is 25.7 Å². The molecule has 0 aromatic rings. The van der Waals surface area contributed by atoms with E-state index in [9.17, 15) is 34.1 Å². The van der Waals surface area contributed by atoms with Gasteiger partial charge in [-0.1, -0.05) is 176 Å². The number of aliphatic hydroxyl groups excluding tert-OH is 1. The van der Waals surface area contributed by atoms with Crippen LogP contribution in [0.5, 0.6) is 0 Å². The largest absolute Gasteiger partial charge is 0.480 e. The number of phosphoric ester groups is 1. The number of carboxylic acid groups (broad SMARTS) is 1. The predicted molar refractivity (Wildman–Crippen MR) is 263 cm³/mol. The molecule has 64 heavy (non-hydrogen) atoms. The monoisotopic (exact) mass is 918 g/mol. The Hall–Kier alpha value is -3.34. The number of amides is 1. The molecule has 0 fully saturated rings. The summed E-state index contributed by atoms with van der Waals surface area (Å²) in [4.78, 5) is 46.1. The summed E-state index contributed by atoms with van der Waals surface area (Å²) < 4.78 is 26.9. The summed E-state index contributed by atoms with van der Waals surface area (Å²) in [7, 11) is -4.77. The van der Waals surface area contributed by atoms with Gasteiger partial charge in [-0.3, -0.25) is 18.6 Å². The number of phosphoric acid groups is 1. The molecule has 0 bridgehead atoms. The highest BCUT2D eigenvalue weighted by Gasteiger charge is 2.28. The third-order valence-electron chi connectivity index (χ3n) is 10.2. The van der Waals surface area contributed by atoms with Crippen LogP contribution in [0.4, 0.5) is 0 Å². The number of carboxylic acids is 1. The fraction of sp³-hybridized carbons (Fsp3) is 0.673. The lowest BCUT2D eigenvalue weighted by Crippen LogP contribution is -2.43. The fourth-order valence-electron chi connectivity index (χ4n) is 6.37. The third-order valence-corrected chi connectivity index (χ3v) is 11.1. The summed E-state index contributed by atoms with van der Waals surface area (Å²) in [5, 5.41) is 21.9. The Balaban J connectivity index is 3.91. The van der Waals surface area contributed by atoms with E-state index in [1.807, 2.05) is 0 Å². The summed E-state index contributed by atoms with van der Waals surface area (Å²) in [5.41, 5.74) is 0. The molecule has 0 aliphatic rings. The molecule has 4 N–H and O–H groups in total. The second-order valence-corrected chi connectivity index (χ2v) is 17.7. The van der Waals surface area contributed by atoms with Crippen LogP contribution in [0.25, 0.3) is 0 Å². The van der Waals surface area contributed by atoms with Gasteiger partial charge in [-0.2, -0.15) is 0 Å². The number of hydrogen-bond acceptors (Lipinski definition) is 8. The first kappa shape index (κ1) is 60.7. The highest BCUT2D eigenvalue weighted by molar-refractivity contribution is 7.47. The van der Waals surface area contributed by atoms with Crippen molar-refractivity contribution in [2.45, 2.75) is 206 Å². The van der Waals surface area contributed by atoms with Crippen molar-refractivity contribution in [3.63, 3.8) is 0 Å². The van der Waals surface area contributed by atoms with Gasteiger partial charge in [0.25, 0.3) is 0 Å². The van der Waals surface area contributed by atoms with E-state index < -0.39 is 57.6 Å². The van der Waals surface area contributed by atoms with E-state index in [1.165, 1.54) is 57.8 Å². The van der Waals surface area contributed by atoms with Crippen molar-refractivity contribution in [2.75, 3.05) is 19.8 Å². The minimum Gasteiger partial charge on any atom is -0.480 e. The van der Waals surface area contributed by atoms with E-state index in [0.717, 1.165) is 96.3 Å². The molecule has 0 radical (unpaired) electrons. The van der Waals surface area contributed by atoms with Crippen LogP contribution in [0.15, 0.2) is 85.1 Å². The summed E-state index contributed by atoms with van der Waals surface area (Å²) in [6.07, 6.45) is 57.4. The van der Waals surface area contributed by atoms with Crippen LogP contribution in [0.1, 0.15) is 194 Å². The standard InChI is InChI=1S/C52H88NO10P/c1-3-5-7-9-11-13-15-17-19-21-23-24-26-27-29-31-33-35-37-39-41-43-50(55)53-49(52(57)58)47-63-64(59,60)62-46-48(54)45-61-51(56)44-42-40-38-36-34-32-30-28-25-22-20-18-16-14-12-10-8-6-4-2/h5,7,11-14,17-20,23-24,27,29,48-49,54H,3-4,6,8-10,15-16,21-22,25-26,28,30-47H2,1-2H3,(H,53,55)(H,57,58)(H,59,60)/b7-5-,13-11-,14-12-,19-17-,20-18-,24-23-,29-27-. The second kappa shape index (κ2) is 46.2. The minimum atomic E-state index is -4.77. The molecular formula is C52H88NO10P. The third kappa shape index (κ3) is 45.2. The van der Waals surface area contributed by atoms with E-state index in [2.05, 4.69) is 104 Å². The maximum Gasteiger partial charge on any atom is 0.472 e. The number of nitrogens with one attached hydrogen (secondary N) is 1. The zero-order valence-corrected chi connectivity index (χ0v) is 40.7. The second-order valence-electron chi connectivity index (χ2n) is 16.3. The van der Waals surface area contributed by atoms with Crippen molar-refractivity contribution < 1.29 is 47.8 Å². The van der Waals surface area contributed by atoms with Gasteiger partial charge >= 0.3 is 19.8 Å². The Bertz CT molecular complexity index is 1400. The SMILES string of the molecule is CC/C=C\C/C=C\C/C=C\C/C=C\C/C=C\CCCCCCCC(=O)NC(COP(=O)(O)OCC(O)COC(=O)CCCCCCCCCCC/C=C\C/C=C\CCCCC)C(=O)O. The van der Waals surface area contributed by atoms with Crippen LogP contribution < -0.4 is 5.32 Å². The van der Waals surface area contributed by atoms with Crippen LogP contribution in [-0.2, 0) is 32.7 Å². The van der Waals surface area contributed by atoms with Crippen LogP contribution in [0.2, 0.25) is 0 Å². The number of allylic oxidation sites excluding steroid dienone is 14. The molecule has 11 nitrogen and oxygen atoms in total. The molecule has 0 spiro atoms. The number of ether oxygens (including phenoxy) is 1. The van der Waals surface area contributed by atoms with Crippen LogP contribution in [0.3, 0.4) is 0 Å². The Morgan fingerprint density at radius 2 is 0.906 bits per heavy atom. The number of carbonyl (C=O) groups is 3. The number of hydrogen-bond donors (Lipinski definition) is 4. The topological polar surface area (TPSA) is 169 Å². The number of carbonyl (C=O) groups excluding carboxylic acids is 2. The van der Waals surface area contributed by atoms with Gasteiger partial charge in [0.2, 0.25) is 5.91 Å². The zero-order chi connectivity index (χ0) is 47.0. The Kier molecular flexibility index (Phi) is 43.8. The molecule has 12 heteroatoms. The summed E-state index contributed by atoms with van der Waals surface area (Å²) >= 11 is 0. The molecule has 0 heterocycles. The molecule has 0 aromatic carbocycles. The van der Waals surface area contributed by atoms with E-state index in [-0.39, 0.29) is 12.8 Å². The molecular weight excluding hydrogens is 830 g/mol. The van der Waals surface area contributed by atoms with Gasteiger partial charge in [-0.15, -0.1) is 0 Å². The van der Waals surface area contributed by atoms with Crippen molar-refractivity contribution in [3.05, 3.63) is 85.1 Å². The Morgan fingerprint density at radius 1 is 0.516 bits per heavy atom. The first-order chi connectivity index (χ1) is 31.1. The average Bonchev–Trinajstić information content (AvgIpc) is 3.27. The van der Waals surface area contributed by atoms with Crippen molar-refractivity contribution in [3.8, 4) is 0 Å². The molecule has 0 rings (SSSR count). The molecule has 0 aromatic heterocycles. The molecule has 3 atom stereocenters. The molecule has 366 valence electrons. The molecule has 0 saturated heterocycles. The minimum absolute atomic E-state index is 0.119.